The molecule has 0 bridgehead atoms. The molecule has 142 valence electrons. The number of amides is 1. The van der Waals surface area contributed by atoms with Gasteiger partial charge >= 0.3 is 5.97 Å². The minimum absolute atomic E-state index is 0.222. The number of carbonyl (C=O) groups is 2. The highest BCUT2D eigenvalue weighted by Crippen LogP contribution is 2.25. The summed E-state index contributed by atoms with van der Waals surface area (Å²) in [6.45, 7) is 7.40. The molecular formula is C16H20N2O7S. The summed E-state index contributed by atoms with van der Waals surface area (Å²) < 4.78 is 28.0. The van der Waals surface area contributed by atoms with Gasteiger partial charge in [-0.3, -0.25) is 14.9 Å². The first kappa shape index (κ1) is 21.3. The van der Waals surface area contributed by atoms with Crippen LogP contribution in [0.15, 0.2) is 35.2 Å². The fourth-order valence-electron chi connectivity index (χ4n) is 2.10. The van der Waals surface area contributed by atoms with E-state index in [9.17, 15) is 28.1 Å². The number of likely N-dealkylation sites (N-methyl/N-ethyl adjacent to an activating group) is 1. The van der Waals surface area contributed by atoms with Crippen LogP contribution in [0.4, 0.5) is 5.69 Å². The summed E-state index contributed by atoms with van der Waals surface area (Å²) in [5, 5.41) is 11.1. The average Bonchev–Trinajstić information content (AvgIpc) is 2.55. The Morgan fingerprint density at radius 3 is 2.42 bits per heavy atom. The summed E-state index contributed by atoms with van der Waals surface area (Å²) in [6.07, 6.45) is 0.826. The number of benzene rings is 1. The first-order valence-corrected chi connectivity index (χ1v) is 9.44. The van der Waals surface area contributed by atoms with Gasteiger partial charge in [0.1, 0.15) is 4.90 Å². The second kappa shape index (κ2) is 8.56. The third-order valence-electron chi connectivity index (χ3n) is 3.31. The molecule has 0 radical (unpaired) electrons. The summed E-state index contributed by atoms with van der Waals surface area (Å²) in [5.41, 5.74) is -0.191. The lowest BCUT2D eigenvalue weighted by atomic mass is 10.2. The SMILES string of the molecule is C=C(C)CN(CC)C(=O)COC(=O)c1ccc(S(C)(=O)=O)c([N+](=O)[O-])c1. The van der Waals surface area contributed by atoms with Crippen LogP contribution in [0.2, 0.25) is 0 Å². The van der Waals surface area contributed by atoms with E-state index in [-0.39, 0.29) is 5.56 Å². The second-order valence-electron chi connectivity index (χ2n) is 5.65. The van der Waals surface area contributed by atoms with Gasteiger partial charge < -0.3 is 9.64 Å². The first-order valence-electron chi connectivity index (χ1n) is 7.55. The van der Waals surface area contributed by atoms with Gasteiger partial charge in [0.15, 0.2) is 16.4 Å². The number of nitro benzene ring substituents is 1. The first-order chi connectivity index (χ1) is 12.0. The molecule has 0 saturated carbocycles. The molecule has 1 amide bonds. The number of esters is 1. The average molecular weight is 384 g/mol. The third-order valence-corrected chi connectivity index (χ3v) is 4.46. The molecule has 0 aliphatic carbocycles. The van der Waals surface area contributed by atoms with E-state index < -0.39 is 43.8 Å². The van der Waals surface area contributed by atoms with E-state index in [1.165, 1.54) is 4.90 Å². The predicted octanol–water partition coefficient (Wildman–Crippen LogP) is 1.58. The standard InChI is InChI=1S/C16H20N2O7S/c1-5-17(9-11(2)3)15(19)10-25-16(20)12-6-7-14(26(4,23)24)13(8-12)18(21)22/h6-8H,2,5,9-10H2,1,3-4H3. The normalized spacial score (nSPS) is 10.9. The Balaban J connectivity index is 2.95. The fourth-order valence-corrected chi connectivity index (χ4v) is 2.93. The summed E-state index contributed by atoms with van der Waals surface area (Å²) in [6, 6.07) is 2.88. The molecule has 0 spiro atoms. The lowest BCUT2D eigenvalue weighted by Crippen LogP contribution is -2.35. The van der Waals surface area contributed by atoms with Gasteiger partial charge in [-0.2, -0.15) is 0 Å². The summed E-state index contributed by atoms with van der Waals surface area (Å²) in [5.74, 6) is -1.40. The van der Waals surface area contributed by atoms with Crippen LogP contribution in [0.1, 0.15) is 24.2 Å². The topological polar surface area (TPSA) is 124 Å². The van der Waals surface area contributed by atoms with E-state index >= 15 is 0 Å². The molecule has 1 aromatic carbocycles. The molecule has 26 heavy (non-hydrogen) atoms. The largest absolute Gasteiger partial charge is 0.452 e. The van der Waals surface area contributed by atoms with Crippen LogP contribution < -0.4 is 0 Å². The molecule has 0 aromatic heterocycles. The highest BCUT2D eigenvalue weighted by Gasteiger charge is 2.25. The van der Waals surface area contributed by atoms with E-state index in [0.717, 1.165) is 30.0 Å². The van der Waals surface area contributed by atoms with Crippen molar-refractivity contribution in [3.05, 3.63) is 46.0 Å². The van der Waals surface area contributed by atoms with Crippen molar-refractivity contribution >= 4 is 27.4 Å². The predicted molar refractivity (Wildman–Crippen MR) is 93.6 cm³/mol. The van der Waals surface area contributed by atoms with Crippen LogP contribution in [0, 0.1) is 10.1 Å². The van der Waals surface area contributed by atoms with Crippen molar-refractivity contribution in [3.8, 4) is 0 Å². The highest BCUT2D eigenvalue weighted by molar-refractivity contribution is 7.90. The van der Waals surface area contributed by atoms with Crippen molar-refractivity contribution in [2.24, 2.45) is 0 Å². The molecule has 0 unspecified atom stereocenters. The van der Waals surface area contributed by atoms with Crippen molar-refractivity contribution < 1.29 is 27.7 Å². The smallest absolute Gasteiger partial charge is 0.338 e. The lowest BCUT2D eigenvalue weighted by molar-refractivity contribution is -0.387. The molecule has 0 aliphatic heterocycles. The maximum Gasteiger partial charge on any atom is 0.338 e. The van der Waals surface area contributed by atoms with Crippen molar-refractivity contribution in [2.75, 3.05) is 26.0 Å². The Bertz CT molecular complexity index is 846. The van der Waals surface area contributed by atoms with Crippen LogP contribution in [0.3, 0.4) is 0 Å². The number of ether oxygens (including phenoxy) is 1. The summed E-state index contributed by atoms with van der Waals surface area (Å²) in [7, 11) is -3.84. The zero-order valence-electron chi connectivity index (χ0n) is 14.7. The van der Waals surface area contributed by atoms with Gasteiger partial charge in [-0.25, -0.2) is 13.2 Å². The quantitative estimate of drug-likeness (QED) is 0.288. The van der Waals surface area contributed by atoms with Gasteiger partial charge in [-0.1, -0.05) is 12.2 Å². The molecule has 10 heteroatoms. The molecule has 0 fully saturated rings. The van der Waals surface area contributed by atoms with Gasteiger partial charge in [0.2, 0.25) is 0 Å². The molecule has 0 saturated heterocycles. The number of nitrogens with zero attached hydrogens (tertiary/aromatic N) is 2. The number of sulfone groups is 1. The monoisotopic (exact) mass is 384 g/mol. The molecular weight excluding hydrogens is 364 g/mol. The zero-order valence-corrected chi connectivity index (χ0v) is 15.5. The van der Waals surface area contributed by atoms with Gasteiger partial charge in [0.25, 0.3) is 11.6 Å². The Kier molecular flexibility index (Phi) is 7.01. The Morgan fingerprint density at radius 2 is 1.96 bits per heavy atom. The summed E-state index contributed by atoms with van der Waals surface area (Å²) in [4.78, 5) is 35.2. The second-order valence-corrected chi connectivity index (χ2v) is 7.64. The minimum Gasteiger partial charge on any atom is -0.452 e. The van der Waals surface area contributed by atoms with Crippen molar-refractivity contribution in [1.29, 1.82) is 0 Å². The van der Waals surface area contributed by atoms with Gasteiger partial charge in [-0.15, -0.1) is 0 Å². The minimum atomic E-state index is -3.84. The number of hydrogen-bond acceptors (Lipinski definition) is 7. The Labute approximate surface area is 151 Å². The highest BCUT2D eigenvalue weighted by atomic mass is 32.2. The molecule has 0 N–H and O–H groups in total. The van der Waals surface area contributed by atoms with Gasteiger partial charge in [-0.05, 0) is 26.0 Å². The number of carbonyl (C=O) groups excluding carboxylic acids is 2. The maximum absolute atomic E-state index is 12.0. The van der Waals surface area contributed by atoms with Crippen LogP contribution >= 0.6 is 0 Å². The van der Waals surface area contributed by atoms with Crippen LogP contribution in [0.5, 0.6) is 0 Å². The number of rotatable bonds is 8. The van der Waals surface area contributed by atoms with E-state index in [0.29, 0.717) is 13.1 Å². The summed E-state index contributed by atoms with van der Waals surface area (Å²) >= 11 is 0. The Morgan fingerprint density at radius 1 is 1.35 bits per heavy atom. The molecule has 0 aliphatic rings. The number of nitro groups is 1. The molecule has 9 nitrogen and oxygen atoms in total. The van der Waals surface area contributed by atoms with Crippen LogP contribution in [-0.2, 0) is 19.4 Å². The van der Waals surface area contributed by atoms with E-state index in [1.807, 2.05) is 0 Å². The molecule has 0 heterocycles. The lowest BCUT2D eigenvalue weighted by Gasteiger charge is -2.20. The maximum atomic E-state index is 12.0. The molecule has 0 atom stereocenters. The van der Waals surface area contributed by atoms with Crippen LogP contribution in [0.25, 0.3) is 0 Å². The van der Waals surface area contributed by atoms with Crippen molar-refractivity contribution in [1.82, 2.24) is 4.90 Å². The van der Waals surface area contributed by atoms with Crippen molar-refractivity contribution in [2.45, 2.75) is 18.7 Å². The Hall–Kier alpha value is -2.75. The zero-order chi connectivity index (χ0) is 20.1. The van der Waals surface area contributed by atoms with E-state index in [1.54, 1.807) is 13.8 Å². The van der Waals surface area contributed by atoms with E-state index in [2.05, 4.69) is 6.58 Å². The van der Waals surface area contributed by atoms with Gasteiger partial charge in [0.05, 0.1) is 10.5 Å². The van der Waals surface area contributed by atoms with E-state index in [4.69, 9.17) is 4.74 Å². The van der Waals surface area contributed by atoms with Gasteiger partial charge in [0, 0.05) is 25.4 Å². The molecule has 1 rings (SSSR count). The van der Waals surface area contributed by atoms with Crippen LogP contribution in [-0.4, -0.2) is 56.1 Å². The number of hydrogen-bond donors (Lipinski definition) is 0. The fraction of sp³-hybridized carbons (Fsp3) is 0.375. The van der Waals surface area contributed by atoms with Crippen molar-refractivity contribution in [3.63, 3.8) is 0 Å². The molecule has 1 aromatic rings. The third kappa shape index (κ3) is 5.66.